The van der Waals surface area contributed by atoms with Gasteiger partial charge in [-0.05, 0) is 42.4 Å². The van der Waals surface area contributed by atoms with Crippen LogP contribution in [-0.2, 0) is 22.0 Å². The Kier molecular flexibility index (Phi) is 4.99. The van der Waals surface area contributed by atoms with Gasteiger partial charge in [-0.2, -0.15) is 0 Å². The zero-order valence-corrected chi connectivity index (χ0v) is 15.4. The van der Waals surface area contributed by atoms with E-state index < -0.39 is 5.79 Å². The van der Waals surface area contributed by atoms with Gasteiger partial charge in [0, 0.05) is 5.56 Å². The van der Waals surface area contributed by atoms with Gasteiger partial charge in [0.25, 0.3) is 0 Å². The van der Waals surface area contributed by atoms with Crippen molar-refractivity contribution in [2.24, 2.45) is 0 Å². The minimum Gasteiger partial charge on any atom is -0.398 e. The predicted octanol–water partition coefficient (Wildman–Crippen LogP) is 2.71. The van der Waals surface area contributed by atoms with Gasteiger partial charge >= 0.3 is 0 Å². The van der Waals surface area contributed by atoms with Crippen molar-refractivity contribution in [3.05, 3.63) is 34.4 Å². The third-order valence-electron chi connectivity index (χ3n) is 3.80. The lowest BCUT2D eigenvalue weighted by molar-refractivity contribution is -0.126. The van der Waals surface area contributed by atoms with Crippen LogP contribution in [-0.4, -0.2) is 15.6 Å². The lowest BCUT2D eigenvalue weighted by atomic mass is 9.79. The largest absolute Gasteiger partial charge is 0.398 e. The number of benzene rings is 1. The molecule has 0 saturated heterocycles. The Morgan fingerprint density at radius 1 is 1.16 bits per heavy atom. The maximum absolute atomic E-state index is 10.4. The standard InChI is InChI=1S/C16H28O2Si/c1-7-8-12-11(2)13(16(6,17)18-19)9-10-14(12)15(3,4)5/h9-10,17H,7-8H2,1-6,19H3. The molecule has 0 amide bonds. The van der Waals surface area contributed by atoms with Gasteiger partial charge in [0.1, 0.15) is 10.5 Å². The molecule has 0 saturated carbocycles. The van der Waals surface area contributed by atoms with Crippen LogP contribution in [0.2, 0.25) is 0 Å². The van der Waals surface area contributed by atoms with Gasteiger partial charge < -0.3 is 9.53 Å². The molecule has 0 spiro atoms. The van der Waals surface area contributed by atoms with Crippen LogP contribution >= 0.6 is 0 Å². The van der Waals surface area contributed by atoms with Crippen LogP contribution in [0, 0.1) is 6.92 Å². The Hall–Kier alpha value is -0.643. The minimum absolute atomic E-state index is 0.126. The second-order valence-corrected chi connectivity index (χ2v) is 6.86. The van der Waals surface area contributed by atoms with E-state index in [1.165, 1.54) is 16.7 Å². The van der Waals surface area contributed by atoms with E-state index in [0.717, 1.165) is 18.4 Å². The Bertz CT molecular complexity index is 445. The molecule has 108 valence electrons. The number of hydrogen-bond acceptors (Lipinski definition) is 2. The van der Waals surface area contributed by atoms with Crippen molar-refractivity contribution in [1.29, 1.82) is 0 Å². The summed E-state index contributed by atoms with van der Waals surface area (Å²) in [5, 5.41) is 10.4. The second kappa shape index (κ2) is 5.78. The Labute approximate surface area is 120 Å². The number of aliphatic hydroxyl groups is 1. The summed E-state index contributed by atoms with van der Waals surface area (Å²) < 4.78 is 5.36. The molecule has 0 fully saturated rings. The van der Waals surface area contributed by atoms with E-state index >= 15 is 0 Å². The van der Waals surface area contributed by atoms with Crippen LogP contribution in [0.4, 0.5) is 0 Å². The van der Waals surface area contributed by atoms with Crippen molar-refractivity contribution in [1.82, 2.24) is 0 Å². The predicted molar refractivity (Wildman–Crippen MR) is 84.5 cm³/mol. The average Bonchev–Trinajstić information content (AvgIpc) is 2.30. The fourth-order valence-electron chi connectivity index (χ4n) is 2.64. The first-order valence-electron chi connectivity index (χ1n) is 7.06. The highest BCUT2D eigenvalue weighted by Crippen LogP contribution is 2.34. The fourth-order valence-corrected chi connectivity index (χ4v) is 2.86. The summed E-state index contributed by atoms with van der Waals surface area (Å²) in [5.41, 5.74) is 4.95. The normalized spacial score (nSPS) is 15.5. The van der Waals surface area contributed by atoms with E-state index in [9.17, 15) is 5.11 Å². The first kappa shape index (κ1) is 16.4. The lowest BCUT2D eigenvalue weighted by Gasteiger charge is -2.30. The zero-order valence-electron chi connectivity index (χ0n) is 13.4. The summed E-state index contributed by atoms with van der Waals surface area (Å²) in [6, 6.07) is 4.18. The zero-order chi connectivity index (χ0) is 14.8. The van der Waals surface area contributed by atoms with Crippen molar-refractivity contribution in [2.75, 3.05) is 0 Å². The first-order valence-corrected chi connectivity index (χ1v) is 7.87. The van der Waals surface area contributed by atoms with E-state index in [1.54, 1.807) is 6.92 Å². The molecule has 1 N–H and O–H groups in total. The highest BCUT2D eigenvalue weighted by molar-refractivity contribution is 5.98. The molecule has 0 aliphatic carbocycles. The lowest BCUT2D eigenvalue weighted by Crippen LogP contribution is -2.27. The van der Waals surface area contributed by atoms with E-state index in [0.29, 0.717) is 10.5 Å². The third kappa shape index (κ3) is 3.47. The van der Waals surface area contributed by atoms with Crippen molar-refractivity contribution in [3.63, 3.8) is 0 Å². The van der Waals surface area contributed by atoms with Gasteiger partial charge in [0.2, 0.25) is 0 Å². The molecular formula is C16H28O2Si. The maximum Gasteiger partial charge on any atom is 0.179 e. The summed E-state index contributed by atoms with van der Waals surface area (Å²) in [4.78, 5) is 0. The SMILES string of the molecule is CCCc1c(C(C)(C)C)ccc(C(C)(O)O[SiH3])c1C. The smallest absolute Gasteiger partial charge is 0.179 e. The van der Waals surface area contributed by atoms with E-state index in [4.69, 9.17) is 4.43 Å². The van der Waals surface area contributed by atoms with Crippen LogP contribution < -0.4 is 0 Å². The second-order valence-electron chi connectivity index (χ2n) is 6.45. The highest BCUT2D eigenvalue weighted by atomic mass is 28.2. The summed E-state index contributed by atoms with van der Waals surface area (Å²) >= 11 is 0. The fraction of sp³-hybridized carbons (Fsp3) is 0.625. The summed E-state index contributed by atoms with van der Waals surface area (Å²) in [6.07, 6.45) is 2.15. The summed E-state index contributed by atoms with van der Waals surface area (Å²) in [6.45, 7) is 12.7. The van der Waals surface area contributed by atoms with E-state index in [2.05, 4.69) is 40.7 Å². The molecule has 2 nitrogen and oxygen atoms in total. The van der Waals surface area contributed by atoms with Crippen LogP contribution in [0.1, 0.15) is 63.3 Å². The molecule has 0 aromatic heterocycles. The Morgan fingerprint density at radius 2 is 1.68 bits per heavy atom. The molecule has 0 heterocycles. The third-order valence-corrected chi connectivity index (χ3v) is 4.60. The molecule has 1 unspecified atom stereocenters. The van der Waals surface area contributed by atoms with Gasteiger partial charge in [-0.15, -0.1) is 0 Å². The monoisotopic (exact) mass is 280 g/mol. The quantitative estimate of drug-likeness (QED) is 0.679. The van der Waals surface area contributed by atoms with E-state index in [-0.39, 0.29) is 5.41 Å². The van der Waals surface area contributed by atoms with Gasteiger partial charge in [0.05, 0.1) is 0 Å². The average molecular weight is 280 g/mol. The van der Waals surface area contributed by atoms with Crippen molar-refractivity contribution >= 4 is 10.5 Å². The molecule has 0 aliphatic heterocycles. The molecule has 19 heavy (non-hydrogen) atoms. The molecule has 0 aliphatic rings. The molecule has 0 radical (unpaired) electrons. The van der Waals surface area contributed by atoms with Crippen molar-refractivity contribution < 1.29 is 9.53 Å². The molecule has 1 aromatic rings. The summed E-state index contributed by atoms with van der Waals surface area (Å²) in [5.74, 6) is -1.16. The Balaban J connectivity index is 3.48. The van der Waals surface area contributed by atoms with Gasteiger partial charge in [-0.1, -0.05) is 46.2 Å². The molecule has 3 heteroatoms. The molecule has 1 atom stereocenters. The van der Waals surface area contributed by atoms with Crippen LogP contribution in [0.5, 0.6) is 0 Å². The molecular weight excluding hydrogens is 252 g/mol. The van der Waals surface area contributed by atoms with Crippen molar-refractivity contribution in [2.45, 2.75) is 65.6 Å². The minimum atomic E-state index is -1.16. The topological polar surface area (TPSA) is 29.5 Å². The van der Waals surface area contributed by atoms with Gasteiger partial charge in [-0.25, -0.2) is 0 Å². The van der Waals surface area contributed by atoms with Crippen LogP contribution in [0.25, 0.3) is 0 Å². The maximum atomic E-state index is 10.4. The number of hydrogen-bond donors (Lipinski definition) is 1. The number of rotatable bonds is 4. The molecule has 1 rings (SSSR count). The Morgan fingerprint density at radius 3 is 2.11 bits per heavy atom. The molecule has 1 aromatic carbocycles. The highest BCUT2D eigenvalue weighted by Gasteiger charge is 2.27. The van der Waals surface area contributed by atoms with Crippen LogP contribution in [0.3, 0.4) is 0 Å². The molecule has 0 bridgehead atoms. The van der Waals surface area contributed by atoms with Crippen LogP contribution in [0.15, 0.2) is 12.1 Å². The van der Waals surface area contributed by atoms with Gasteiger partial charge in [0.15, 0.2) is 5.79 Å². The summed E-state index contributed by atoms with van der Waals surface area (Å²) in [7, 11) is 0.520. The first-order chi connectivity index (χ1) is 8.65. The van der Waals surface area contributed by atoms with Crippen molar-refractivity contribution in [3.8, 4) is 0 Å². The van der Waals surface area contributed by atoms with E-state index in [1.807, 2.05) is 6.07 Å². The van der Waals surface area contributed by atoms with Gasteiger partial charge in [-0.3, -0.25) is 0 Å².